The maximum atomic E-state index is 13.6. The van der Waals surface area contributed by atoms with Crippen molar-refractivity contribution in [1.29, 1.82) is 0 Å². The van der Waals surface area contributed by atoms with Gasteiger partial charge in [-0.15, -0.1) is 0 Å². The molecule has 6 aliphatic rings. The summed E-state index contributed by atoms with van der Waals surface area (Å²) in [6, 6.07) is 29.6. The molecular formula is C47H49N5O4. The molecule has 3 fully saturated rings. The van der Waals surface area contributed by atoms with Gasteiger partial charge >= 0.3 is 0 Å². The molecular weight excluding hydrogens is 699 g/mol. The molecule has 3 atom stereocenters. The molecule has 2 N–H and O–H groups in total. The van der Waals surface area contributed by atoms with Crippen molar-refractivity contribution in [3.63, 3.8) is 0 Å². The normalized spacial score (nSPS) is 24.2. The SMILES string of the molecule is C=C1CCC(N2Cc3cc4c(cc3C2=O)CN(C2CN(CC3CCN(c5ccc(C6c7ccc(O)cc7CCC6c6ccccc6)cc5)CC3)C2)C4=O)C(=O)N1. The van der Waals surface area contributed by atoms with E-state index in [1.165, 1.54) is 27.9 Å². The molecule has 0 bridgehead atoms. The average molecular weight is 748 g/mol. The molecule has 0 spiro atoms. The Hall–Kier alpha value is -5.41. The lowest BCUT2D eigenvalue weighted by Gasteiger charge is -2.46. The van der Waals surface area contributed by atoms with Gasteiger partial charge in [0, 0.05) is 74.2 Å². The molecule has 9 heteroatoms. The van der Waals surface area contributed by atoms with Crippen LogP contribution in [0.5, 0.6) is 5.75 Å². The van der Waals surface area contributed by atoms with Crippen LogP contribution in [-0.2, 0) is 24.3 Å². The quantitative estimate of drug-likeness (QED) is 0.223. The Labute approximate surface area is 328 Å². The van der Waals surface area contributed by atoms with Crippen molar-refractivity contribution in [2.24, 2.45) is 5.92 Å². The highest BCUT2D eigenvalue weighted by atomic mass is 16.3. The Morgan fingerprint density at radius 2 is 1.41 bits per heavy atom. The number of nitrogens with one attached hydrogen (secondary N) is 1. The number of anilines is 1. The zero-order valence-corrected chi connectivity index (χ0v) is 31.8. The Balaban J connectivity index is 0.728. The smallest absolute Gasteiger partial charge is 0.255 e. The van der Waals surface area contributed by atoms with E-state index in [1.54, 1.807) is 4.90 Å². The number of likely N-dealkylation sites (tertiary alicyclic amines) is 1. The van der Waals surface area contributed by atoms with Crippen LogP contribution in [0, 0.1) is 5.92 Å². The Morgan fingerprint density at radius 1 is 0.714 bits per heavy atom. The van der Waals surface area contributed by atoms with E-state index in [0.29, 0.717) is 60.3 Å². The van der Waals surface area contributed by atoms with E-state index in [-0.39, 0.29) is 29.7 Å². The summed E-state index contributed by atoms with van der Waals surface area (Å²) in [4.78, 5) is 48.3. The number of carbonyl (C=O) groups excluding carboxylic acids is 3. The van der Waals surface area contributed by atoms with E-state index in [0.717, 1.165) is 69.5 Å². The number of fused-ring (bicyclic) bond motifs is 3. The van der Waals surface area contributed by atoms with Gasteiger partial charge in [0.2, 0.25) is 5.91 Å². The molecule has 3 saturated heterocycles. The number of phenols is 1. The molecule has 4 aromatic carbocycles. The van der Waals surface area contributed by atoms with Crippen molar-refractivity contribution in [2.45, 2.75) is 75.5 Å². The molecule has 286 valence electrons. The molecule has 4 aromatic rings. The maximum absolute atomic E-state index is 13.6. The minimum absolute atomic E-state index is 0.0620. The molecule has 5 aliphatic heterocycles. The summed E-state index contributed by atoms with van der Waals surface area (Å²) in [6.45, 7) is 9.69. The van der Waals surface area contributed by atoms with Crippen molar-refractivity contribution in [3.8, 4) is 5.75 Å². The second-order valence-electron chi connectivity index (χ2n) is 17.0. The highest BCUT2D eigenvalue weighted by Gasteiger charge is 2.43. The van der Waals surface area contributed by atoms with Gasteiger partial charge in [-0.25, -0.2) is 0 Å². The third-order valence-corrected chi connectivity index (χ3v) is 13.6. The minimum atomic E-state index is -0.501. The Bertz CT molecular complexity index is 2220. The van der Waals surface area contributed by atoms with Crippen LogP contribution >= 0.6 is 0 Å². The first-order chi connectivity index (χ1) is 27.3. The zero-order valence-electron chi connectivity index (χ0n) is 31.8. The predicted octanol–water partition coefficient (Wildman–Crippen LogP) is 6.56. The van der Waals surface area contributed by atoms with Crippen LogP contribution in [0.4, 0.5) is 5.69 Å². The van der Waals surface area contributed by atoms with Crippen LogP contribution < -0.4 is 10.2 Å². The molecule has 10 rings (SSSR count). The number of allylic oxidation sites excluding steroid dienone is 1. The standard InChI is InChI=1S/C47H49N5O4/c1-29-7-16-43(45(54)48-29)52-26-35-23-41-34(22-42(35)47(52)56)25-51(46(41)55)37-27-49(28-37)24-30-17-19-50(20-18-30)36-11-8-32(9-12-36)44-39(31-5-3-2-4-6-31)14-10-33-21-38(53)13-15-40(33)44/h2-6,8-9,11-13,15,21-23,30,37,39,43-44,53H,1,7,10,14,16-20,24-28H2,(H,48,54). The first-order valence-electron chi connectivity index (χ1n) is 20.5. The van der Waals surface area contributed by atoms with Crippen molar-refractivity contribution < 1.29 is 19.5 Å². The number of aromatic hydroxyl groups is 1. The number of hydrogen-bond acceptors (Lipinski definition) is 6. The van der Waals surface area contributed by atoms with Crippen LogP contribution in [0.3, 0.4) is 0 Å². The highest BCUT2D eigenvalue weighted by molar-refractivity contribution is 6.05. The van der Waals surface area contributed by atoms with E-state index in [9.17, 15) is 19.5 Å². The van der Waals surface area contributed by atoms with E-state index in [4.69, 9.17) is 0 Å². The van der Waals surface area contributed by atoms with Gasteiger partial charge in [-0.05, 0) is 120 Å². The van der Waals surface area contributed by atoms with Gasteiger partial charge in [0.1, 0.15) is 11.8 Å². The summed E-state index contributed by atoms with van der Waals surface area (Å²) in [6.07, 6.45) is 5.57. The summed E-state index contributed by atoms with van der Waals surface area (Å²) in [7, 11) is 0. The van der Waals surface area contributed by atoms with Crippen LogP contribution in [0.2, 0.25) is 0 Å². The van der Waals surface area contributed by atoms with E-state index >= 15 is 0 Å². The Kier molecular flexibility index (Phi) is 8.73. The molecule has 56 heavy (non-hydrogen) atoms. The van der Waals surface area contributed by atoms with Crippen LogP contribution in [0.15, 0.2) is 97.2 Å². The number of carbonyl (C=O) groups is 3. The Morgan fingerprint density at radius 3 is 2.12 bits per heavy atom. The van der Waals surface area contributed by atoms with Crippen molar-refractivity contribution in [2.75, 3.05) is 37.6 Å². The highest BCUT2D eigenvalue weighted by Crippen LogP contribution is 2.47. The van der Waals surface area contributed by atoms with E-state index < -0.39 is 6.04 Å². The van der Waals surface area contributed by atoms with Gasteiger partial charge in [0.15, 0.2) is 0 Å². The number of nitrogens with zero attached hydrogens (tertiary/aromatic N) is 4. The maximum Gasteiger partial charge on any atom is 0.255 e. The lowest BCUT2D eigenvalue weighted by Crippen LogP contribution is -2.60. The minimum Gasteiger partial charge on any atom is -0.508 e. The molecule has 0 saturated carbocycles. The van der Waals surface area contributed by atoms with Crippen LogP contribution in [-0.4, -0.2) is 82.3 Å². The molecule has 0 aromatic heterocycles. The summed E-state index contributed by atoms with van der Waals surface area (Å²) >= 11 is 0. The number of aryl methyl sites for hydroxylation is 1. The van der Waals surface area contributed by atoms with Gasteiger partial charge in [0.05, 0.1) is 6.04 Å². The largest absolute Gasteiger partial charge is 0.508 e. The molecule has 3 unspecified atom stereocenters. The lowest BCUT2D eigenvalue weighted by atomic mass is 9.69. The summed E-state index contributed by atoms with van der Waals surface area (Å²) < 4.78 is 0. The topological polar surface area (TPSA) is 96.4 Å². The fourth-order valence-electron chi connectivity index (χ4n) is 10.6. The van der Waals surface area contributed by atoms with Crippen molar-refractivity contribution in [1.82, 2.24) is 20.0 Å². The first-order valence-corrected chi connectivity index (χ1v) is 20.5. The first kappa shape index (κ1) is 35.0. The van der Waals surface area contributed by atoms with Gasteiger partial charge in [-0.1, -0.05) is 55.1 Å². The number of benzene rings is 4. The molecule has 1 aliphatic carbocycles. The third kappa shape index (κ3) is 6.17. The summed E-state index contributed by atoms with van der Waals surface area (Å²) in [5.74, 6) is 1.40. The fraction of sp³-hybridized carbons (Fsp3) is 0.383. The van der Waals surface area contributed by atoms with Gasteiger partial charge in [0.25, 0.3) is 11.8 Å². The molecule has 9 nitrogen and oxygen atoms in total. The lowest BCUT2D eigenvalue weighted by molar-refractivity contribution is -0.126. The van der Waals surface area contributed by atoms with Crippen LogP contribution in [0.1, 0.15) is 98.0 Å². The summed E-state index contributed by atoms with van der Waals surface area (Å²) in [5.41, 5.74) is 10.4. The van der Waals surface area contributed by atoms with E-state index in [1.807, 2.05) is 29.2 Å². The molecule has 5 heterocycles. The molecule has 0 radical (unpaired) electrons. The van der Waals surface area contributed by atoms with Crippen molar-refractivity contribution in [3.05, 3.63) is 142 Å². The zero-order chi connectivity index (χ0) is 38.1. The number of rotatable bonds is 7. The van der Waals surface area contributed by atoms with Crippen LogP contribution in [0.25, 0.3) is 0 Å². The second kappa shape index (κ2) is 14.0. The molecule has 3 amide bonds. The van der Waals surface area contributed by atoms with Gasteiger partial charge in [-0.3, -0.25) is 19.3 Å². The number of hydrogen-bond donors (Lipinski definition) is 2. The van der Waals surface area contributed by atoms with Crippen molar-refractivity contribution >= 4 is 23.4 Å². The van der Waals surface area contributed by atoms with Gasteiger partial charge < -0.3 is 25.1 Å². The summed E-state index contributed by atoms with van der Waals surface area (Å²) in [5, 5.41) is 13.0. The third-order valence-electron chi connectivity index (χ3n) is 13.6. The monoisotopic (exact) mass is 747 g/mol. The average Bonchev–Trinajstić information content (AvgIpc) is 3.69. The predicted molar refractivity (Wildman–Crippen MR) is 216 cm³/mol. The second-order valence-corrected chi connectivity index (χ2v) is 17.0. The van der Waals surface area contributed by atoms with E-state index in [2.05, 4.69) is 82.4 Å². The fourth-order valence-corrected chi connectivity index (χ4v) is 10.6. The van der Waals surface area contributed by atoms with Gasteiger partial charge in [-0.2, -0.15) is 0 Å². The number of phenolic OH excluding ortho intramolecular Hbond substituents is 1. The number of amides is 3. The number of piperidine rings is 2.